The minimum atomic E-state index is -0.470. The number of allylic oxidation sites excluding steroid dienone is 6. The number of unbranched alkanes of at least 4 members (excludes halogenated alkanes) is 1. The second-order valence-corrected chi connectivity index (χ2v) is 6.23. The first-order valence-electron chi connectivity index (χ1n) is 9.79. The zero-order chi connectivity index (χ0) is 22.9. The molecule has 7 heteroatoms. The minimum absolute atomic E-state index is 0.0212. The number of carbonyl (C=O) groups excluding carboxylic acids is 3. The van der Waals surface area contributed by atoms with Crippen molar-refractivity contribution in [2.75, 3.05) is 19.8 Å². The van der Waals surface area contributed by atoms with Gasteiger partial charge in [-0.25, -0.2) is 9.59 Å². The van der Waals surface area contributed by atoms with Gasteiger partial charge in [0.05, 0.1) is 18.8 Å². The number of ether oxygens (including phenoxy) is 4. The van der Waals surface area contributed by atoms with Crippen LogP contribution in [-0.4, -0.2) is 38.2 Å². The highest BCUT2D eigenvalue weighted by atomic mass is 16.5. The molecular formula is C24H28O7. The van der Waals surface area contributed by atoms with Crippen LogP contribution in [0.3, 0.4) is 0 Å². The molecule has 0 heterocycles. The fourth-order valence-electron chi connectivity index (χ4n) is 2.27. The number of rotatable bonds is 14. The van der Waals surface area contributed by atoms with E-state index in [0.29, 0.717) is 55.2 Å². The van der Waals surface area contributed by atoms with Crippen LogP contribution in [0.15, 0.2) is 84.4 Å². The van der Waals surface area contributed by atoms with E-state index in [0.717, 1.165) is 12.5 Å². The Morgan fingerprint density at radius 1 is 1.06 bits per heavy atom. The molecule has 0 saturated carbocycles. The zero-order valence-electron chi connectivity index (χ0n) is 17.7. The average Bonchev–Trinajstić information content (AvgIpc) is 3.03. The molecule has 0 unspecified atom stereocenters. The van der Waals surface area contributed by atoms with Gasteiger partial charge in [-0.3, -0.25) is 4.79 Å². The van der Waals surface area contributed by atoms with Gasteiger partial charge in [-0.05, 0) is 62.1 Å². The molecule has 0 aromatic heterocycles. The maximum atomic E-state index is 12.2. The van der Waals surface area contributed by atoms with Crippen molar-refractivity contribution in [1.29, 1.82) is 0 Å². The third-order valence-corrected chi connectivity index (χ3v) is 3.99. The van der Waals surface area contributed by atoms with Gasteiger partial charge in [-0.1, -0.05) is 25.3 Å². The first-order chi connectivity index (χ1) is 15.0. The number of hydrogen-bond donors (Lipinski definition) is 0. The van der Waals surface area contributed by atoms with Crippen LogP contribution < -0.4 is 0 Å². The van der Waals surface area contributed by atoms with Crippen LogP contribution in [0.2, 0.25) is 0 Å². The molecule has 0 aliphatic heterocycles. The molecule has 1 aliphatic carbocycles. The highest BCUT2D eigenvalue weighted by molar-refractivity contribution is 5.91. The van der Waals surface area contributed by atoms with E-state index in [2.05, 4.69) is 13.2 Å². The van der Waals surface area contributed by atoms with E-state index in [1.54, 1.807) is 43.4 Å². The third-order valence-electron chi connectivity index (χ3n) is 3.99. The van der Waals surface area contributed by atoms with Gasteiger partial charge in [0.15, 0.2) is 0 Å². The predicted molar refractivity (Wildman–Crippen MR) is 116 cm³/mol. The van der Waals surface area contributed by atoms with E-state index < -0.39 is 11.9 Å². The number of carbonyl (C=O) groups is 3. The molecule has 7 nitrogen and oxygen atoms in total. The molecule has 0 fully saturated rings. The van der Waals surface area contributed by atoms with Gasteiger partial charge >= 0.3 is 11.9 Å². The van der Waals surface area contributed by atoms with Gasteiger partial charge in [-0.15, -0.1) is 0 Å². The van der Waals surface area contributed by atoms with Gasteiger partial charge in [0.1, 0.15) is 18.1 Å². The van der Waals surface area contributed by atoms with Crippen molar-refractivity contribution in [3.05, 3.63) is 84.4 Å². The molecule has 0 amide bonds. The van der Waals surface area contributed by atoms with Gasteiger partial charge in [0.25, 0.3) is 6.47 Å². The Hall–Kier alpha value is -3.61. The summed E-state index contributed by atoms with van der Waals surface area (Å²) in [5, 5.41) is 0. The van der Waals surface area contributed by atoms with Crippen molar-refractivity contribution in [3.8, 4) is 0 Å². The first kappa shape index (κ1) is 25.4. The van der Waals surface area contributed by atoms with Crippen molar-refractivity contribution in [1.82, 2.24) is 0 Å². The van der Waals surface area contributed by atoms with Crippen molar-refractivity contribution in [2.24, 2.45) is 0 Å². The van der Waals surface area contributed by atoms with Crippen LogP contribution >= 0.6 is 0 Å². The van der Waals surface area contributed by atoms with Gasteiger partial charge in [-0.2, -0.15) is 0 Å². The SMILES string of the molecule is C=CC(=O)OCCCCOC1=CCC=C(C(=O)OC/C=C\C(OC=O)=C(\C)C=C)C=C1. The second kappa shape index (κ2) is 15.3. The Morgan fingerprint density at radius 2 is 1.84 bits per heavy atom. The summed E-state index contributed by atoms with van der Waals surface area (Å²) < 4.78 is 20.6. The lowest BCUT2D eigenvalue weighted by Crippen LogP contribution is -2.06. The first-order valence-corrected chi connectivity index (χ1v) is 9.79. The standard InChI is InChI=1S/C24H28O7/c1-4-19(3)22(31-18-25)12-9-17-30-24(27)20-10-8-11-21(14-13-20)28-15-6-7-16-29-23(26)5-2/h4-5,9-14,18H,1-2,6-8,15-17H2,3H3/b12-9-,22-19+. The van der Waals surface area contributed by atoms with Gasteiger partial charge in [0.2, 0.25) is 0 Å². The molecule has 0 aromatic rings. The van der Waals surface area contributed by atoms with Crippen LogP contribution in [0, 0.1) is 0 Å². The fourth-order valence-corrected chi connectivity index (χ4v) is 2.27. The monoisotopic (exact) mass is 428 g/mol. The smallest absolute Gasteiger partial charge is 0.338 e. The lowest BCUT2D eigenvalue weighted by atomic mass is 10.2. The Balaban J connectivity index is 2.39. The van der Waals surface area contributed by atoms with Crippen LogP contribution in [0.25, 0.3) is 0 Å². The average molecular weight is 428 g/mol. The molecule has 0 aromatic carbocycles. The minimum Gasteiger partial charge on any atom is -0.494 e. The number of esters is 2. The molecular weight excluding hydrogens is 400 g/mol. The topological polar surface area (TPSA) is 88.1 Å². The quantitative estimate of drug-likeness (QED) is 0.0785. The lowest BCUT2D eigenvalue weighted by Gasteiger charge is -2.06. The summed E-state index contributed by atoms with van der Waals surface area (Å²) in [5.41, 5.74) is 1.10. The van der Waals surface area contributed by atoms with Crippen molar-refractivity contribution in [3.63, 3.8) is 0 Å². The Morgan fingerprint density at radius 3 is 2.55 bits per heavy atom. The molecule has 0 saturated heterocycles. The Bertz CT molecular complexity index is 810. The second-order valence-electron chi connectivity index (χ2n) is 6.23. The molecule has 0 radical (unpaired) electrons. The van der Waals surface area contributed by atoms with Crippen LogP contribution in [0.1, 0.15) is 26.2 Å². The zero-order valence-corrected chi connectivity index (χ0v) is 17.7. The molecule has 0 bridgehead atoms. The Labute approximate surface area is 182 Å². The van der Waals surface area contributed by atoms with Crippen molar-refractivity contribution >= 4 is 18.4 Å². The van der Waals surface area contributed by atoms with Crippen molar-refractivity contribution in [2.45, 2.75) is 26.2 Å². The molecule has 31 heavy (non-hydrogen) atoms. The largest absolute Gasteiger partial charge is 0.494 e. The molecule has 1 rings (SSSR count). The fraction of sp³-hybridized carbons (Fsp3) is 0.292. The lowest BCUT2D eigenvalue weighted by molar-refractivity contribution is -0.138. The summed E-state index contributed by atoms with van der Waals surface area (Å²) in [6.07, 6.45) is 14.7. The van der Waals surface area contributed by atoms with Crippen LogP contribution in [0.4, 0.5) is 0 Å². The Kier molecular flexibility index (Phi) is 12.5. The molecule has 0 N–H and O–H groups in total. The van der Waals surface area contributed by atoms with Crippen molar-refractivity contribution < 1.29 is 33.3 Å². The third kappa shape index (κ3) is 10.7. The van der Waals surface area contributed by atoms with E-state index in [1.807, 2.05) is 6.08 Å². The van der Waals surface area contributed by atoms with Gasteiger partial charge in [0, 0.05) is 6.08 Å². The van der Waals surface area contributed by atoms with E-state index in [4.69, 9.17) is 18.9 Å². The summed E-state index contributed by atoms with van der Waals surface area (Å²) in [6, 6.07) is 0. The van der Waals surface area contributed by atoms with Crippen LogP contribution in [-0.2, 0) is 33.3 Å². The summed E-state index contributed by atoms with van der Waals surface area (Å²) in [4.78, 5) is 33.7. The summed E-state index contributed by atoms with van der Waals surface area (Å²) in [6.45, 7) is 9.82. The molecule has 166 valence electrons. The summed E-state index contributed by atoms with van der Waals surface area (Å²) in [5.74, 6) is 0.0819. The van der Waals surface area contributed by atoms with E-state index in [9.17, 15) is 14.4 Å². The molecule has 0 atom stereocenters. The molecule has 1 aliphatic rings. The van der Waals surface area contributed by atoms with E-state index >= 15 is 0 Å². The summed E-state index contributed by atoms with van der Waals surface area (Å²) in [7, 11) is 0. The normalized spacial score (nSPS) is 13.8. The number of hydrogen-bond acceptors (Lipinski definition) is 7. The van der Waals surface area contributed by atoms with E-state index in [1.165, 1.54) is 0 Å². The molecule has 0 spiro atoms. The van der Waals surface area contributed by atoms with E-state index in [-0.39, 0.29) is 6.61 Å². The highest BCUT2D eigenvalue weighted by Gasteiger charge is 2.09. The van der Waals surface area contributed by atoms with Gasteiger partial charge < -0.3 is 18.9 Å². The predicted octanol–water partition coefficient (Wildman–Crippen LogP) is 4.02. The highest BCUT2D eigenvalue weighted by Crippen LogP contribution is 2.14. The maximum absolute atomic E-state index is 12.2. The maximum Gasteiger partial charge on any atom is 0.338 e. The summed E-state index contributed by atoms with van der Waals surface area (Å²) >= 11 is 0. The van der Waals surface area contributed by atoms with Crippen LogP contribution in [0.5, 0.6) is 0 Å².